The Balaban J connectivity index is 0.000000431. The fraction of sp³-hybridized carbons (Fsp3) is 0.625. The molecule has 4 rings (SSSR count). The fourth-order valence-corrected chi connectivity index (χ4v) is 13.2. The summed E-state index contributed by atoms with van der Waals surface area (Å²) in [5.41, 5.74) is 11.2. The van der Waals surface area contributed by atoms with Gasteiger partial charge < -0.3 is 32.3 Å². The average molecular weight is 1200 g/mol. The molecular formula is C64H103N3O11Si4. The van der Waals surface area contributed by atoms with Crippen LogP contribution in [0.4, 0.5) is 0 Å². The average Bonchev–Trinajstić information content (AvgIpc) is 3.38. The Labute approximate surface area is 497 Å². The largest absolute Gasteiger partial charge is 0.543 e. The number of carboxylic acid groups (broad SMARTS) is 1. The molecule has 0 radical (unpaired) electrons. The second kappa shape index (κ2) is 29.3. The first-order chi connectivity index (χ1) is 37.5. The monoisotopic (exact) mass is 1200 g/mol. The third-order valence-electron chi connectivity index (χ3n) is 17.8. The Bertz CT molecular complexity index is 2680. The minimum absolute atomic E-state index is 0.00890. The highest BCUT2D eigenvalue weighted by molar-refractivity contribution is 6.75. The Hall–Kier alpha value is -4.82. The van der Waals surface area contributed by atoms with Gasteiger partial charge in [0.15, 0.2) is 16.6 Å². The Morgan fingerprint density at radius 1 is 0.598 bits per heavy atom. The molecule has 0 fully saturated rings. The zero-order chi connectivity index (χ0) is 62.5. The molecule has 2 heterocycles. The first-order valence-corrected chi connectivity index (χ1v) is 41.0. The van der Waals surface area contributed by atoms with E-state index in [1.54, 1.807) is 12.2 Å². The quantitative estimate of drug-likeness (QED) is 0.0360. The first kappa shape index (κ1) is 71.4. The van der Waals surface area contributed by atoms with E-state index in [1.165, 1.54) is 6.08 Å². The number of benzene rings is 2. The second-order valence-corrected chi connectivity index (χ2v) is 47.5. The standard InChI is InChI=1S/C32H51N3O5Si2.C32H52O6Si2/c1-23-16-12-13-17-24-18-14-20-26(39-41(8,9)31(2,3)4)29(24)30(37)38-25(19-15-21-28(36)34-35-33)22-27(23)40-42(10,11)32(5,6)7;1-23-16-12-13-17-24-18-14-20-26(37-39(8,9)31(2,3)4)29(24)30(35)36-25(19-15-21-28(33)34)22-27(23)38-40(10,11)32(5,6)7/h12-15,18,20-21,23,25,27H,16-17,19,22H2,1-11H3;12-15,18,20-21,23,25,27H,16-17,19,22H2,1-11H3,(H,33,34)/b2*13-12+,21-15+/t2*23-,25-,27+/m00/s1. The highest BCUT2D eigenvalue weighted by Crippen LogP contribution is 2.44. The van der Waals surface area contributed by atoms with Crippen molar-refractivity contribution in [2.45, 2.75) is 245 Å². The molecule has 2 aromatic rings. The highest BCUT2D eigenvalue weighted by Gasteiger charge is 2.45. The van der Waals surface area contributed by atoms with E-state index in [-0.39, 0.29) is 50.6 Å². The zero-order valence-corrected chi connectivity index (χ0v) is 58.1. The number of rotatable bonds is 14. The van der Waals surface area contributed by atoms with Crippen LogP contribution in [0.5, 0.6) is 11.5 Å². The number of hydrogen-bond donors (Lipinski definition) is 1. The van der Waals surface area contributed by atoms with Crippen molar-refractivity contribution in [3.8, 4) is 11.5 Å². The van der Waals surface area contributed by atoms with Gasteiger partial charge in [-0.3, -0.25) is 4.79 Å². The molecule has 2 aliphatic heterocycles. The number of azide groups is 1. The smallest absolute Gasteiger partial charge is 0.342 e. The van der Waals surface area contributed by atoms with E-state index >= 15 is 0 Å². The number of carboxylic acids is 1. The van der Waals surface area contributed by atoms with Gasteiger partial charge in [-0.1, -0.05) is 158 Å². The van der Waals surface area contributed by atoms with E-state index in [1.807, 2.05) is 36.4 Å². The van der Waals surface area contributed by atoms with Crippen LogP contribution in [0.25, 0.3) is 10.4 Å². The molecule has 2 aromatic carbocycles. The van der Waals surface area contributed by atoms with Crippen molar-refractivity contribution in [2.24, 2.45) is 17.0 Å². The van der Waals surface area contributed by atoms with Gasteiger partial charge >= 0.3 is 17.9 Å². The lowest BCUT2D eigenvalue weighted by atomic mass is 9.93. The van der Waals surface area contributed by atoms with Crippen molar-refractivity contribution in [1.82, 2.24) is 0 Å². The maximum absolute atomic E-state index is 14.0. The molecule has 0 spiro atoms. The number of carbonyl (C=O) groups is 4. The van der Waals surface area contributed by atoms with Gasteiger partial charge in [0.1, 0.15) is 34.8 Å². The van der Waals surface area contributed by atoms with Gasteiger partial charge in [-0.2, -0.15) is 0 Å². The maximum Gasteiger partial charge on any atom is 0.342 e. The van der Waals surface area contributed by atoms with Gasteiger partial charge in [0.25, 0.3) is 16.6 Å². The Kier molecular flexibility index (Phi) is 25.5. The van der Waals surface area contributed by atoms with E-state index < -0.39 is 69.3 Å². The summed E-state index contributed by atoms with van der Waals surface area (Å²) < 4.78 is 39.6. The number of cyclic esters (lactones) is 2. The van der Waals surface area contributed by atoms with Crippen molar-refractivity contribution in [3.63, 3.8) is 0 Å². The summed E-state index contributed by atoms with van der Waals surface area (Å²) in [5.74, 6) is -1.13. The van der Waals surface area contributed by atoms with Crippen LogP contribution in [0, 0.1) is 11.8 Å². The lowest BCUT2D eigenvalue weighted by Crippen LogP contribution is -2.46. The minimum Gasteiger partial charge on any atom is -0.543 e. The highest BCUT2D eigenvalue weighted by atomic mass is 28.4. The third kappa shape index (κ3) is 21.1. The number of allylic oxidation sites excluding steroid dienone is 4. The number of nitrogens with zero attached hydrogens (tertiary/aromatic N) is 3. The van der Waals surface area contributed by atoms with Crippen molar-refractivity contribution >= 4 is 57.1 Å². The number of aliphatic carboxylic acids is 1. The van der Waals surface area contributed by atoms with Crippen LogP contribution in [-0.4, -0.2) is 86.6 Å². The van der Waals surface area contributed by atoms with Crippen molar-refractivity contribution < 1.29 is 51.5 Å². The Morgan fingerprint density at radius 2 is 0.951 bits per heavy atom. The van der Waals surface area contributed by atoms with E-state index in [4.69, 9.17) is 32.7 Å². The summed E-state index contributed by atoms with van der Waals surface area (Å²) in [4.78, 5) is 53.6. The SMILES string of the molecule is C[C@H]1C/C=C/Cc2cccc(O[Si](C)(C)C(C)(C)C)c2C(=O)O[C@@H](C/C=C/C(=O)N=[N+]=[N-])C[C@H]1O[Si](C)(C)C(C)(C)C.C[C@H]1C/C=C/Cc2cccc(O[Si](C)(C)C(C)(C)C)c2C(=O)O[C@@H](C/C=C/C(=O)O)C[C@H]1O[Si](C)(C)C(C)(C)C. The molecule has 18 heteroatoms. The normalized spacial score (nSPS) is 22.2. The van der Waals surface area contributed by atoms with Crippen LogP contribution < -0.4 is 8.85 Å². The maximum atomic E-state index is 14.0. The van der Waals surface area contributed by atoms with Crippen LogP contribution in [0.3, 0.4) is 0 Å². The summed E-state index contributed by atoms with van der Waals surface area (Å²) in [6, 6.07) is 11.5. The Morgan fingerprint density at radius 3 is 1.28 bits per heavy atom. The second-order valence-electron chi connectivity index (χ2n) is 28.6. The molecule has 0 bridgehead atoms. The predicted molar refractivity (Wildman–Crippen MR) is 343 cm³/mol. The molecular weight excluding hydrogens is 1100 g/mol. The topological polar surface area (TPSA) is 193 Å². The fourth-order valence-electron chi connectivity index (χ4n) is 8.27. The molecule has 0 saturated carbocycles. The van der Waals surface area contributed by atoms with Crippen molar-refractivity contribution in [3.05, 3.63) is 118 Å². The lowest BCUT2D eigenvalue weighted by molar-refractivity contribution is -0.131. The third-order valence-corrected chi connectivity index (χ3v) is 35.5. The van der Waals surface area contributed by atoms with Gasteiger partial charge in [0, 0.05) is 36.7 Å². The lowest BCUT2D eigenvalue weighted by Gasteiger charge is -2.41. The van der Waals surface area contributed by atoms with Crippen molar-refractivity contribution in [1.29, 1.82) is 0 Å². The molecule has 1 amide bonds. The van der Waals surface area contributed by atoms with E-state index in [9.17, 15) is 24.3 Å². The molecule has 0 unspecified atom stereocenters. The van der Waals surface area contributed by atoms with Gasteiger partial charge in [-0.15, -0.1) is 0 Å². The molecule has 14 nitrogen and oxygen atoms in total. The van der Waals surface area contributed by atoms with Crippen LogP contribution in [-0.2, 0) is 40.8 Å². The molecule has 0 saturated heterocycles. The summed E-state index contributed by atoms with van der Waals surface area (Å²) >= 11 is 0. The molecule has 0 aliphatic carbocycles. The van der Waals surface area contributed by atoms with Crippen LogP contribution in [0.2, 0.25) is 72.5 Å². The predicted octanol–water partition coefficient (Wildman–Crippen LogP) is 17.8. The van der Waals surface area contributed by atoms with Crippen LogP contribution >= 0.6 is 0 Å². The number of hydrogen-bond acceptors (Lipinski definition) is 10. The number of fused-ring (bicyclic) bond motifs is 2. The summed E-state index contributed by atoms with van der Waals surface area (Å²) in [6.45, 7) is 48.2. The van der Waals surface area contributed by atoms with E-state index in [0.717, 1.165) is 30.0 Å². The summed E-state index contributed by atoms with van der Waals surface area (Å²) in [5, 5.41) is 12.2. The number of ether oxygens (including phenoxy) is 2. The number of amides is 1. The molecule has 456 valence electrons. The zero-order valence-electron chi connectivity index (χ0n) is 54.1. The summed E-state index contributed by atoms with van der Waals surface area (Å²) in [6.07, 6.45) is 17.0. The van der Waals surface area contributed by atoms with Gasteiger partial charge in [0.2, 0.25) is 5.91 Å². The van der Waals surface area contributed by atoms with E-state index in [2.05, 4.69) is 184 Å². The van der Waals surface area contributed by atoms with Gasteiger partial charge in [0.05, 0.1) is 12.2 Å². The van der Waals surface area contributed by atoms with Gasteiger partial charge in [-0.25, -0.2) is 14.4 Å². The molecule has 6 atom stereocenters. The van der Waals surface area contributed by atoms with Crippen molar-refractivity contribution in [2.75, 3.05) is 0 Å². The van der Waals surface area contributed by atoms with Crippen LogP contribution in [0.15, 0.2) is 90.1 Å². The van der Waals surface area contributed by atoms with E-state index in [0.29, 0.717) is 54.7 Å². The molecule has 2 aliphatic rings. The molecule has 82 heavy (non-hydrogen) atoms. The van der Waals surface area contributed by atoms with Crippen LogP contribution in [0.1, 0.15) is 167 Å². The summed E-state index contributed by atoms with van der Waals surface area (Å²) in [7, 11) is -8.77. The molecule has 1 N–H and O–H groups in total. The first-order valence-electron chi connectivity index (χ1n) is 29.4. The number of esters is 2. The number of carbonyl (C=O) groups excluding carboxylic acids is 3. The van der Waals surface area contributed by atoms with Gasteiger partial charge in [-0.05, 0) is 150 Å². The molecule has 0 aromatic heterocycles. The minimum atomic E-state index is -2.26.